The Kier molecular flexibility index (Phi) is 5.49. The number of thiazole rings is 1. The highest BCUT2D eigenvalue weighted by molar-refractivity contribution is 9.11. The van der Waals surface area contributed by atoms with Gasteiger partial charge in [0, 0.05) is 18.3 Å². The lowest BCUT2D eigenvalue weighted by molar-refractivity contribution is -0.137. The average Bonchev–Trinajstić information content (AvgIpc) is 3.03. The number of amides is 1. The van der Waals surface area contributed by atoms with E-state index in [1.54, 1.807) is 23.6 Å². The molecule has 2 aromatic heterocycles. The highest BCUT2D eigenvalue weighted by Gasteiger charge is 2.14. The maximum absolute atomic E-state index is 12.0. The summed E-state index contributed by atoms with van der Waals surface area (Å²) in [5.74, 6) is -1.25. The number of carbonyl (C=O) groups excluding carboxylic acids is 1. The lowest BCUT2D eigenvalue weighted by atomic mass is 10.1. The van der Waals surface area contributed by atoms with Crippen LogP contribution in [0, 0.1) is 5.92 Å². The standard InChI is InChI=1S/C13H13BrN2O3S2/c1-7(4-11(17)18)5-15-12(19)8-6-20-13(16-8)9-2-3-10(14)21-9/h2-3,6-7H,4-5H2,1H3,(H,15,19)(H,17,18). The van der Waals surface area contributed by atoms with Gasteiger partial charge in [-0.2, -0.15) is 0 Å². The minimum Gasteiger partial charge on any atom is -0.481 e. The first-order valence-electron chi connectivity index (χ1n) is 6.17. The summed E-state index contributed by atoms with van der Waals surface area (Å²) in [6.45, 7) is 2.10. The fraction of sp³-hybridized carbons (Fsp3) is 0.308. The molecule has 2 N–H and O–H groups in total. The van der Waals surface area contributed by atoms with Gasteiger partial charge in [0.05, 0.1) is 8.66 Å². The molecule has 0 fully saturated rings. The summed E-state index contributed by atoms with van der Waals surface area (Å²) in [7, 11) is 0. The number of hydrogen-bond donors (Lipinski definition) is 2. The molecule has 0 spiro atoms. The molecule has 0 saturated heterocycles. The molecule has 8 heteroatoms. The molecule has 1 atom stereocenters. The minimum absolute atomic E-state index is 0.0335. The van der Waals surface area contributed by atoms with Gasteiger partial charge in [0.2, 0.25) is 0 Å². The first kappa shape index (κ1) is 16.1. The summed E-state index contributed by atoms with van der Waals surface area (Å²) in [5.41, 5.74) is 0.363. The van der Waals surface area contributed by atoms with Crippen LogP contribution in [0.15, 0.2) is 21.3 Å². The van der Waals surface area contributed by atoms with Crippen molar-refractivity contribution in [3.05, 3.63) is 27.0 Å². The van der Waals surface area contributed by atoms with Crippen LogP contribution in [0.5, 0.6) is 0 Å². The van der Waals surface area contributed by atoms with E-state index in [1.165, 1.54) is 11.3 Å². The second kappa shape index (κ2) is 7.15. The number of carboxylic acids is 1. The van der Waals surface area contributed by atoms with E-state index in [9.17, 15) is 9.59 Å². The second-order valence-electron chi connectivity index (χ2n) is 4.55. The third-order valence-corrected chi connectivity index (χ3v) is 5.29. The normalized spacial score (nSPS) is 12.1. The summed E-state index contributed by atoms with van der Waals surface area (Å²) in [5, 5.41) is 13.9. The molecule has 2 heterocycles. The Labute approximate surface area is 138 Å². The molecule has 0 aliphatic rings. The van der Waals surface area contributed by atoms with E-state index in [-0.39, 0.29) is 18.2 Å². The fourth-order valence-electron chi connectivity index (χ4n) is 1.65. The largest absolute Gasteiger partial charge is 0.481 e. The number of nitrogens with zero attached hydrogens (tertiary/aromatic N) is 1. The second-order valence-corrected chi connectivity index (χ2v) is 7.88. The Bertz CT molecular complexity index is 653. The Hall–Kier alpha value is -1.25. The first-order valence-corrected chi connectivity index (χ1v) is 8.66. The number of thiophene rings is 1. The molecular formula is C13H13BrN2O3S2. The Morgan fingerprint density at radius 3 is 2.86 bits per heavy atom. The van der Waals surface area contributed by atoms with Gasteiger partial charge in [-0.1, -0.05) is 6.92 Å². The van der Waals surface area contributed by atoms with Gasteiger partial charge in [0.15, 0.2) is 0 Å². The van der Waals surface area contributed by atoms with Gasteiger partial charge in [-0.3, -0.25) is 9.59 Å². The molecule has 21 heavy (non-hydrogen) atoms. The summed E-state index contributed by atoms with van der Waals surface area (Å²) in [4.78, 5) is 27.8. The Morgan fingerprint density at radius 1 is 1.48 bits per heavy atom. The third kappa shape index (κ3) is 4.62. The zero-order valence-electron chi connectivity index (χ0n) is 11.1. The lowest BCUT2D eigenvalue weighted by Gasteiger charge is -2.08. The van der Waals surface area contributed by atoms with Crippen molar-refractivity contribution in [2.24, 2.45) is 5.92 Å². The number of carboxylic acid groups (broad SMARTS) is 1. The van der Waals surface area contributed by atoms with Crippen LogP contribution in [0.1, 0.15) is 23.8 Å². The van der Waals surface area contributed by atoms with Crippen molar-refractivity contribution in [2.45, 2.75) is 13.3 Å². The van der Waals surface area contributed by atoms with Gasteiger partial charge < -0.3 is 10.4 Å². The van der Waals surface area contributed by atoms with Crippen LogP contribution >= 0.6 is 38.6 Å². The lowest BCUT2D eigenvalue weighted by Crippen LogP contribution is -2.29. The minimum atomic E-state index is -0.865. The third-order valence-electron chi connectivity index (χ3n) is 2.65. The van der Waals surface area contributed by atoms with Crippen molar-refractivity contribution in [1.29, 1.82) is 0 Å². The van der Waals surface area contributed by atoms with Crippen molar-refractivity contribution in [2.75, 3.05) is 6.54 Å². The van der Waals surface area contributed by atoms with Crippen LogP contribution in [0.25, 0.3) is 9.88 Å². The Balaban J connectivity index is 1.94. The predicted molar refractivity (Wildman–Crippen MR) is 86.9 cm³/mol. The van der Waals surface area contributed by atoms with Crippen molar-refractivity contribution in [3.8, 4) is 9.88 Å². The van der Waals surface area contributed by atoms with E-state index >= 15 is 0 Å². The molecular weight excluding hydrogens is 376 g/mol. The van der Waals surface area contributed by atoms with Crippen LogP contribution < -0.4 is 5.32 Å². The van der Waals surface area contributed by atoms with Gasteiger partial charge in [-0.15, -0.1) is 22.7 Å². The van der Waals surface area contributed by atoms with Gasteiger partial charge in [-0.25, -0.2) is 4.98 Å². The number of nitrogens with one attached hydrogen (secondary N) is 1. The quantitative estimate of drug-likeness (QED) is 0.793. The van der Waals surface area contributed by atoms with Crippen molar-refractivity contribution in [1.82, 2.24) is 10.3 Å². The predicted octanol–water partition coefficient (Wildman–Crippen LogP) is 3.47. The van der Waals surface area contributed by atoms with Crippen LogP contribution in [0.3, 0.4) is 0 Å². The molecule has 0 aromatic carbocycles. The van der Waals surface area contributed by atoms with Gasteiger partial charge in [0.1, 0.15) is 10.7 Å². The molecule has 0 aliphatic carbocycles. The molecule has 112 valence electrons. The number of halogens is 1. The molecule has 0 bridgehead atoms. The maximum Gasteiger partial charge on any atom is 0.303 e. The van der Waals surface area contributed by atoms with Crippen LogP contribution in [0.4, 0.5) is 0 Å². The highest BCUT2D eigenvalue weighted by atomic mass is 79.9. The van der Waals surface area contributed by atoms with Crippen molar-refractivity contribution < 1.29 is 14.7 Å². The SMILES string of the molecule is CC(CNC(=O)c1csc(-c2ccc(Br)s2)n1)CC(=O)O. The molecule has 2 rings (SSSR count). The maximum atomic E-state index is 12.0. The van der Waals surface area contributed by atoms with E-state index in [1.807, 2.05) is 12.1 Å². The Morgan fingerprint density at radius 2 is 2.24 bits per heavy atom. The van der Waals surface area contributed by atoms with E-state index in [0.29, 0.717) is 12.2 Å². The zero-order chi connectivity index (χ0) is 15.4. The molecule has 0 radical (unpaired) electrons. The summed E-state index contributed by atoms with van der Waals surface area (Å²) in [6.07, 6.45) is 0.0335. The molecule has 1 unspecified atom stereocenters. The zero-order valence-corrected chi connectivity index (χ0v) is 14.3. The van der Waals surface area contributed by atoms with Crippen molar-refractivity contribution in [3.63, 3.8) is 0 Å². The number of rotatable bonds is 6. The van der Waals surface area contributed by atoms with Crippen LogP contribution in [0.2, 0.25) is 0 Å². The van der Waals surface area contributed by atoms with Gasteiger partial charge in [0.25, 0.3) is 5.91 Å². The van der Waals surface area contributed by atoms with Crippen molar-refractivity contribution >= 4 is 50.5 Å². The molecule has 1 amide bonds. The van der Waals surface area contributed by atoms with E-state index in [0.717, 1.165) is 13.7 Å². The van der Waals surface area contributed by atoms with Gasteiger partial charge >= 0.3 is 5.97 Å². The smallest absolute Gasteiger partial charge is 0.303 e. The highest BCUT2D eigenvalue weighted by Crippen LogP contribution is 2.33. The topological polar surface area (TPSA) is 79.3 Å². The summed E-state index contributed by atoms with van der Waals surface area (Å²) in [6, 6.07) is 3.89. The number of carbonyl (C=O) groups is 2. The summed E-state index contributed by atoms with van der Waals surface area (Å²) < 4.78 is 1.01. The fourth-order valence-corrected chi connectivity index (χ4v) is 3.91. The molecule has 2 aromatic rings. The summed E-state index contributed by atoms with van der Waals surface area (Å²) >= 11 is 6.36. The van der Waals surface area contributed by atoms with Crippen LogP contribution in [-0.2, 0) is 4.79 Å². The molecule has 0 saturated carbocycles. The molecule has 5 nitrogen and oxygen atoms in total. The molecule has 0 aliphatic heterocycles. The van der Waals surface area contributed by atoms with Gasteiger partial charge in [-0.05, 0) is 34.0 Å². The monoisotopic (exact) mass is 388 g/mol. The van der Waals surface area contributed by atoms with Crippen LogP contribution in [-0.4, -0.2) is 28.5 Å². The van der Waals surface area contributed by atoms with E-state index < -0.39 is 5.97 Å². The number of aromatic nitrogens is 1. The van der Waals surface area contributed by atoms with E-state index in [4.69, 9.17) is 5.11 Å². The first-order chi connectivity index (χ1) is 9.95. The average molecular weight is 389 g/mol. The van der Waals surface area contributed by atoms with E-state index in [2.05, 4.69) is 26.2 Å². The number of aliphatic carboxylic acids is 1. The number of hydrogen-bond acceptors (Lipinski definition) is 5.